The number of rotatable bonds is 6. The lowest BCUT2D eigenvalue weighted by Crippen LogP contribution is -2.22. The molecule has 3 nitrogen and oxygen atoms in total. The second kappa shape index (κ2) is 7.26. The Morgan fingerprint density at radius 3 is 2.68 bits per heavy atom. The van der Waals surface area contributed by atoms with Crippen molar-refractivity contribution in [1.82, 2.24) is 15.5 Å². The minimum atomic E-state index is 0.684. The van der Waals surface area contributed by atoms with Crippen molar-refractivity contribution in [2.75, 3.05) is 13.1 Å². The number of hydrogen-bond acceptors (Lipinski definition) is 5. The van der Waals surface area contributed by atoms with Gasteiger partial charge in [0.05, 0.1) is 7.57 Å². The van der Waals surface area contributed by atoms with E-state index >= 15 is 0 Å². The topological polar surface area (TPSA) is 37.8 Å². The lowest BCUT2D eigenvalue weighted by atomic mass is 10.2. The van der Waals surface area contributed by atoms with Gasteiger partial charge >= 0.3 is 0 Å². The highest BCUT2D eigenvalue weighted by molar-refractivity contribution is 9.12. The maximum absolute atomic E-state index is 4.27. The highest BCUT2D eigenvalue weighted by Gasteiger charge is 2.12. The summed E-state index contributed by atoms with van der Waals surface area (Å²) < 4.78 is 2.20. The first-order chi connectivity index (χ1) is 9.06. The van der Waals surface area contributed by atoms with Crippen molar-refractivity contribution in [2.24, 2.45) is 5.92 Å². The van der Waals surface area contributed by atoms with Crippen molar-refractivity contribution < 1.29 is 0 Å². The van der Waals surface area contributed by atoms with Gasteiger partial charge in [0.15, 0.2) is 0 Å². The molecule has 2 rings (SSSR count). The van der Waals surface area contributed by atoms with E-state index in [1.54, 1.807) is 22.7 Å². The fraction of sp³-hybridized carbons (Fsp3) is 0.500. The predicted octanol–water partition coefficient (Wildman–Crippen LogP) is 4.58. The highest BCUT2D eigenvalue weighted by atomic mass is 79.9. The smallest absolute Gasteiger partial charge is 0.149 e. The van der Waals surface area contributed by atoms with Crippen LogP contribution in [0.25, 0.3) is 10.6 Å². The molecule has 0 saturated carbocycles. The minimum absolute atomic E-state index is 0.684. The van der Waals surface area contributed by atoms with E-state index in [1.165, 1.54) is 0 Å². The molecule has 0 aliphatic rings. The molecule has 104 valence electrons. The number of hydrogen-bond donors (Lipinski definition) is 1. The second-order valence-corrected chi connectivity index (χ2v) is 9.40. The number of thiophene rings is 1. The molecular weight excluding hydrogens is 410 g/mol. The Morgan fingerprint density at radius 2 is 2.05 bits per heavy atom. The van der Waals surface area contributed by atoms with Gasteiger partial charge in [0, 0.05) is 18.5 Å². The largest absolute Gasteiger partial charge is 0.316 e. The van der Waals surface area contributed by atoms with Crippen molar-refractivity contribution in [2.45, 2.75) is 20.3 Å². The van der Waals surface area contributed by atoms with E-state index < -0.39 is 0 Å². The molecular formula is C12H15Br2N3S2. The van der Waals surface area contributed by atoms with E-state index in [0.717, 1.165) is 42.7 Å². The fourth-order valence-corrected chi connectivity index (χ4v) is 5.40. The minimum Gasteiger partial charge on any atom is -0.316 e. The number of halogens is 2. The van der Waals surface area contributed by atoms with E-state index in [2.05, 4.69) is 67.3 Å². The molecule has 1 N–H and O–H groups in total. The van der Waals surface area contributed by atoms with Crippen LogP contribution in [0.5, 0.6) is 0 Å². The third-order valence-corrected chi connectivity index (χ3v) is 5.78. The Hall–Kier alpha value is 0.180. The van der Waals surface area contributed by atoms with Gasteiger partial charge in [-0.2, -0.15) is 0 Å². The molecule has 0 aliphatic carbocycles. The monoisotopic (exact) mass is 423 g/mol. The number of nitrogens with zero attached hydrogens (tertiary/aromatic N) is 2. The van der Waals surface area contributed by atoms with E-state index in [4.69, 9.17) is 0 Å². The Bertz CT molecular complexity index is 537. The molecule has 7 heteroatoms. The third kappa shape index (κ3) is 4.60. The van der Waals surface area contributed by atoms with Gasteiger partial charge in [-0.3, -0.25) is 0 Å². The summed E-state index contributed by atoms with van der Waals surface area (Å²) in [6, 6.07) is 2.08. The average Bonchev–Trinajstić information content (AvgIpc) is 2.91. The molecule has 0 saturated heterocycles. The molecule has 0 spiro atoms. The van der Waals surface area contributed by atoms with Gasteiger partial charge in [-0.15, -0.1) is 21.5 Å². The van der Waals surface area contributed by atoms with Crippen molar-refractivity contribution in [1.29, 1.82) is 0 Å². The zero-order valence-corrected chi connectivity index (χ0v) is 15.5. The van der Waals surface area contributed by atoms with Crippen LogP contribution in [0, 0.1) is 5.92 Å². The average molecular weight is 425 g/mol. The van der Waals surface area contributed by atoms with Gasteiger partial charge < -0.3 is 5.32 Å². The third-order valence-electron chi connectivity index (χ3n) is 2.42. The van der Waals surface area contributed by atoms with Crippen LogP contribution in [0.4, 0.5) is 0 Å². The van der Waals surface area contributed by atoms with Crippen molar-refractivity contribution in [3.8, 4) is 10.6 Å². The van der Waals surface area contributed by atoms with Gasteiger partial charge in [0.2, 0.25) is 0 Å². The van der Waals surface area contributed by atoms with Crippen LogP contribution in [-0.2, 0) is 6.42 Å². The quantitative estimate of drug-likeness (QED) is 0.689. The van der Waals surface area contributed by atoms with Crippen molar-refractivity contribution in [3.63, 3.8) is 0 Å². The van der Waals surface area contributed by atoms with E-state index in [1.807, 2.05) is 0 Å². The predicted molar refractivity (Wildman–Crippen MR) is 90.0 cm³/mol. The second-order valence-electron chi connectivity index (χ2n) is 4.59. The molecule has 19 heavy (non-hydrogen) atoms. The Morgan fingerprint density at radius 1 is 1.26 bits per heavy atom. The summed E-state index contributed by atoms with van der Waals surface area (Å²) in [6.45, 7) is 6.43. The summed E-state index contributed by atoms with van der Waals surface area (Å²) in [7, 11) is 0. The molecule has 0 aromatic carbocycles. The Labute approximate surface area is 138 Å². The molecule has 0 bridgehead atoms. The Kier molecular flexibility index (Phi) is 5.95. The van der Waals surface area contributed by atoms with Crippen LogP contribution < -0.4 is 5.32 Å². The summed E-state index contributed by atoms with van der Waals surface area (Å²) in [5.41, 5.74) is 1.12. The van der Waals surface area contributed by atoms with Gasteiger partial charge in [-0.05, 0) is 50.4 Å². The van der Waals surface area contributed by atoms with Crippen molar-refractivity contribution >= 4 is 54.5 Å². The van der Waals surface area contributed by atoms with Gasteiger partial charge in [-0.25, -0.2) is 0 Å². The molecule has 0 radical (unpaired) electrons. The first-order valence-corrected chi connectivity index (χ1v) is 9.26. The fourth-order valence-electron chi connectivity index (χ4n) is 1.54. The molecule has 0 fully saturated rings. The van der Waals surface area contributed by atoms with Gasteiger partial charge in [-0.1, -0.05) is 25.2 Å². The van der Waals surface area contributed by atoms with E-state index in [9.17, 15) is 0 Å². The summed E-state index contributed by atoms with van der Waals surface area (Å²) in [6.07, 6.45) is 0.938. The molecule has 0 atom stereocenters. The van der Waals surface area contributed by atoms with Gasteiger partial charge in [0.25, 0.3) is 0 Å². The highest BCUT2D eigenvalue weighted by Crippen LogP contribution is 2.39. The molecule has 0 unspecified atom stereocenters. The first kappa shape index (κ1) is 15.6. The van der Waals surface area contributed by atoms with Gasteiger partial charge in [0.1, 0.15) is 10.0 Å². The van der Waals surface area contributed by atoms with Crippen LogP contribution in [0.2, 0.25) is 0 Å². The molecule has 0 aliphatic heterocycles. The molecule has 2 aromatic rings. The zero-order valence-electron chi connectivity index (χ0n) is 10.7. The summed E-state index contributed by atoms with van der Waals surface area (Å²) in [5, 5.41) is 14.0. The van der Waals surface area contributed by atoms with E-state index in [0.29, 0.717) is 5.92 Å². The molecule has 2 aromatic heterocycles. The standard InChI is InChI=1S/C12H15Br2N3S2/c1-7(2)6-15-4-3-10-16-17-12(19-10)8-5-9(13)18-11(8)14/h5,7,15H,3-4,6H2,1-2H3. The Balaban J connectivity index is 1.94. The molecule has 0 amide bonds. The van der Waals surface area contributed by atoms with Crippen LogP contribution in [0.1, 0.15) is 18.9 Å². The number of nitrogens with one attached hydrogen (secondary N) is 1. The first-order valence-electron chi connectivity index (χ1n) is 6.04. The summed E-state index contributed by atoms with van der Waals surface area (Å²) in [5.74, 6) is 0.684. The van der Waals surface area contributed by atoms with Crippen LogP contribution in [-0.4, -0.2) is 23.3 Å². The lowest BCUT2D eigenvalue weighted by molar-refractivity contribution is 0.553. The lowest BCUT2D eigenvalue weighted by Gasteiger charge is -2.05. The number of aromatic nitrogens is 2. The zero-order chi connectivity index (χ0) is 13.8. The van der Waals surface area contributed by atoms with Crippen LogP contribution in [0.3, 0.4) is 0 Å². The maximum Gasteiger partial charge on any atom is 0.149 e. The normalized spacial score (nSPS) is 11.4. The summed E-state index contributed by atoms with van der Waals surface area (Å²) in [4.78, 5) is 0. The SMILES string of the molecule is CC(C)CNCCc1nnc(-c2cc(Br)sc2Br)s1. The summed E-state index contributed by atoms with van der Waals surface area (Å²) >= 11 is 10.4. The maximum atomic E-state index is 4.27. The van der Waals surface area contributed by atoms with Crippen LogP contribution >= 0.6 is 54.5 Å². The molecule has 2 heterocycles. The van der Waals surface area contributed by atoms with Crippen molar-refractivity contribution in [3.05, 3.63) is 18.6 Å². The van der Waals surface area contributed by atoms with E-state index in [-0.39, 0.29) is 0 Å². The van der Waals surface area contributed by atoms with Crippen LogP contribution in [0.15, 0.2) is 13.6 Å².